The van der Waals surface area contributed by atoms with Crippen LogP contribution in [0, 0.1) is 0 Å². The highest BCUT2D eigenvalue weighted by molar-refractivity contribution is 7.16. The van der Waals surface area contributed by atoms with E-state index in [1.807, 2.05) is 6.07 Å². The predicted molar refractivity (Wildman–Crippen MR) is 77.3 cm³/mol. The molecule has 2 rings (SSSR count). The lowest BCUT2D eigenvalue weighted by atomic mass is 10.0. The Morgan fingerprint density at radius 2 is 2.39 bits per heavy atom. The number of rotatable bonds is 5. The SMILES string of the molecule is CCC(N)C(c1ccc(Cl)s1)N1CCC(OC)C1. The van der Waals surface area contributed by atoms with Crippen molar-refractivity contribution < 1.29 is 4.74 Å². The fourth-order valence-corrected chi connectivity index (χ4v) is 3.84. The van der Waals surface area contributed by atoms with E-state index in [0.29, 0.717) is 6.10 Å². The molecule has 1 saturated heterocycles. The zero-order chi connectivity index (χ0) is 13.1. The Morgan fingerprint density at radius 3 is 2.89 bits per heavy atom. The maximum absolute atomic E-state index is 6.31. The topological polar surface area (TPSA) is 38.5 Å². The summed E-state index contributed by atoms with van der Waals surface area (Å²) in [6.45, 7) is 4.15. The van der Waals surface area contributed by atoms with Gasteiger partial charge in [-0.1, -0.05) is 18.5 Å². The summed E-state index contributed by atoms with van der Waals surface area (Å²) in [6.07, 6.45) is 2.39. The summed E-state index contributed by atoms with van der Waals surface area (Å²) in [6, 6.07) is 4.48. The highest BCUT2D eigenvalue weighted by atomic mass is 35.5. The molecule has 2 N–H and O–H groups in total. The average Bonchev–Trinajstić information content (AvgIpc) is 2.99. The molecule has 1 aliphatic rings. The number of methoxy groups -OCH3 is 1. The number of likely N-dealkylation sites (tertiary alicyclic amines) is 1. The molecule has 3 nitrogen and oxygen atoms in total. The van der Waals surface area contributed by atoms with Crippen LogP contribution < -0.4 is 5.73 Å². The second-order valence-corrected chi connectivity index (χ2v) is 6.55. The van der Waals surface area contributed by atoms with Crippen molar-refractivity contribution in [2.45, 2.75) is 38.0 Å². The zero-order valence-electron chi connectivity index (χ0n) is 10.9. The first kappa shape index (κ1) is 14.3. The third kappa shape index (κ3) is 3.06. The summed E-state index contributed by atoms with van der Waals surface area (Å²) in [5, 5.41) is 0. The normalized spacial score (nSPS) is 24.3. The van der Waals surface area contributed by atoms with Crippen molar-refractivity contribution in [1.82, 2.24) is 4.90 Å². The van der Waals surface area contributed by atoms with Gasteiger partial charge in [0.05, 0.1) is 16.5 Å². The monoisotopic (exact) mass is 288 g/mol. The predicted octanol–water partition coefficient (Wildman–Crippen LogP) is 2.90. The summed E-state index contributed by atoms with van der Waals surface area (Å²) in [4.78, 5) is 3.70. The van der Waals surface area contributed by atoms with Gasteiger partial charge in [0.25, 0.3) is 0 Å². The molecule has 5 heteroatoms. The van der Waals surface area contributed by atoms with Crippen molar-refractivity contribution in [2.75, 3.05) is 20.2 Å². The minimum absolute atomic E-state index is 0.148. The lowest BCUT2D eigenvalue weighted by Gasteiger charge is -2.31. The second kappa shape index (κ2) is 6.35. The Morgan fingerprint density at radius 1 is 1.61 bits per heavy atom. The van der Waals surface area contributed by atoms with Crippen LogP contribution in [0.15, 0.2) is 12.1 Å². The van der Waals surface area contributed by atoms with E-state index in [-0.39, 0.29) is 12.1 Å². The summed E-state index contributed by atoms with van der Waals surface area (Å²) in [5.74, 6) is 0. The highest BCUT2D eigenvalue weighted by Crippen LogP contribution is 2.35. The Bertz CT molecular complexity index is 385. The molecule has 3 unspecified atom stereocenters. The maximum Gasteiger partial charge on any atom is 0.0931 e. The molecule has 0 bridgehead atoms. The van der Waals surface area contributed by atoms with Crippen molar-refractivity contribution in [3.05, 3.63) is 21.3 Å². The van der Waals surface area contributed by atoms with Crippen molar-refractivity contribution in [2.24, 2.45) is 5.73 Å². The lowest BCUT2D eigenvalue weighted by Crippen LogP contribution is -2.39. The largest absolute Gasteiger partial charge is 0.380 e. The number of hydrogen-bond acceptors (Lipinski definition) is 4. The molecule has 18 heavy (non-hydrogen) atoms. The van der Waals surface area contributed by atoms with Crippen LogP contribution in [-0.4, -0.2) is 37.2 Å². The zero-order valence-corrected chi connectivity index (χ0v) is 12.5. The van der Waals surface area contributed by atoms with Gasteiger partial charge in [-0.05, 0) is 25.0 Å². The Kier molecular flexibility index (Phi) is 5.04. The first-order chi connectivity index (χ1) is 8.65. The molecule has 0 aromatic carbocycles. The molecule has 0 aliphatic carbocycles. The summed E-state index contributed by atoms with van der Waals surface area (Å²) in [7, 11) is 1.78. The molecular formula is C13H21ClN2OS. The van der Waals surface area contributed by atoms with Crippen LogP contribution in [0.4, 0.5) is 0 Å². The maximum atomic E-state index is 6.31. The lowest BCUT2D eigenvalue weighted by molar-refractivity contribution is 0.0976. The average molecular weight is 289 g/mol. The van der Waals surface area contributed by atoms with Crippen LogP contribution in [0.5, 0.6) is 0 Å². The van der Waals surface area contributed by atoms with Crippen LogP contribution in [0.3, 0.4) is 0 Å². The Hall–Kier alpha value is -0.130. The summed E-state index contributed by atoms with van der Waals surface area (Å²) in [5.41, 5.74) is 6.31. The molecule has 3 atom stereocenters. The summed E-state index contributed by atoms with van der Waals surface area (Å²) >= 11 is 7.69. The van der Waals surface area contributed by atoms with Gasteiger partial charge >= 0.3 is 0 Å². The second-order valence-electron chi connectivity index (χ2n) is 4.80. The van der Waals surface area contributed by atoms with E-state index in [1.165, 1.54) is 4.88 Å². The van der Waals surface area contributed by atoms with E-state index in [4.69, 9.17) is 22.1 Å². The minimum Gasteiger partial charge on any atom is -0.380 e. The van der Waals surface area contributed by atoms with Gasteiger partial charge in [0.15, 0.2) is 0 Å². The van der Waals surface area contributed by atoms with E-state index in [0.717, 1.165) is 30.3 Å². The number of halogens is 1. The molecule has 2 heterocycles. The molecule has 0 radical (unpaired) electrons. The molecule has 1 aromatic rings. The number of hydrogen-bond donors (Lipinski definition) is 1. The smallest absolute Gasteiger partial charge is 0.0931 e. The van der Waals surface area contributed by atoms with E-state index in [9.17, 15) is 0 Å². The minimum atomic E-state index is 0.148. The van der Waals surface area contributed by atoms with Crippen LogP contribution in [-0.2, 0) is 4.74 Å². The van der Waals surface area contributed by atoms with Crippen LogP contribution in [0.25, 0.3) is 0 Å². The van der Waals surface area contributed by atoms with Gasteiger partial charge in [-0.25, -0.2) is 0 Å². The Labute approximate surface area is 118 Å². The quantitative estimate of drug-likeness (QED) is 0.905. The van der Waals surface area contributed by atoms with Gasteiger partial charge in [0.1, 0.15) is 0 Å². The summed E-state index contributed by atoms with van der Waals surface area (Å²) < 4.78 is 6.27. The van der Waals surface area contributed by atoms with Gasteiger partial charge in [0, 0.05) is 31.1 Å². The third-order valence-electron chi connectivity index (χ3n) is 3.67. The van der Waals surface area contributed by atoms with E-state index in [2.05, 4.69) is 17.9 Å². The Balaban J connectivity index is 2.16. The van der Waals surface area contributed by atoms with Crippen molar-refractivity contribution in [3.63, 3.8) is 0 Å². The molecule has 0 amide bonds. The molecule has 1 aliphatic heterocycles. The van der Waals surface area contributed by atoms with Crippen molar-refractivity contribution in [1.29, 1.82) is 0 Å². The van der Waals surface area contributed by atoms with Gasteiger partial charge in [-0.2, -0.15) is 0 Å². The van der Waals surface area contributed by atoms with Gasteiger partial charge in [-0.3, -0.25) is 4.90 Å². The first-order valence-electron chi connectivity index (χ1n) is 6.43. The van der Waals surface area contributed by atoms with Gasteiger partial charge in [0.2, 0.25) is 0 Å². The molecular weight excluding hydrogens is 268 g/mol. The highest BCUT2D eigenvalue weighted by Gasteiger charge is 2.32. The molecule has 1 aromatic heterocycles. The fourth-order valence-electron chi connectivity index (χ4n) is 2.57. The molecule has 0 spiro atoms. The molecule has 102 valence electrons. The van der Waals surface area contributed by atoms with E-state index >= 15 is 0 Å². The third-order valence-corrected chi connectivity index (χ3v) is 4.97. The first-order valence-corrected chi connectivity index (χ1v) is 7.62. The van der Waals surface area contributed by atoms with Crippen molar-refractivity contribution in [3.8, 4) is 0 Å². The molecule has 0 saturated carbocycles. The number of ether oxygens (including phenoxy) is 1. The number of thiophene rings is 1. The van der Waals surface area contributed by atoms with E-state index in [1.54, 1.807) is 18.4 Å². The van der Waals surface area contributed by atoms with Crippen LogP contribution >= 0.6 is 22.9 Å². The van der Waals surface area contributed by atoms with Crippen molar-refractivity contribution >= 4 is 22.9 Å². The van der Waals surface area contributed by atoms with E-state index < -0.39 is 0 Å². The van der Waals surface area contributed by atoms with Crippen LogP contribution in [0.2, 0.25) is 4.34 Å². The van der Waals surface area contributed by atoms with Crippen LogP contribution in [0.1, 0.15) is 30.7 Å². The molecule has 1 fully saturated rings. The standard InChI is InChI=1S/C13H21ClN2OS/c1-3-10(15)13(11-4-5-12(14)18-11)16-7-6-9(8-16)17-2/h4-5,9-10,13H,3,6-8,15H2,1-2H3. The van der Waals surface area contributed by atoms with Gasteiger partial charge < -0.3 is 10.5 Å². The fraction of sp³-hybridized carbons (Fsp3) is 0.692. The van der Waals surface area contributed by atoms with Gasteiger partial charge in [-0.15, -0.1) is 11.3 Å². The number of nitrogens with zero attached hydrogens (tertiary/aromatic N) is 1. The number of nitrogens with two attached hydrogens (primary N) is 1.